The van der Waals surface area contributed by atoms with Crippen LogP contribution in [0.5, 0.6) is 0 Å². The molecular weight excluding hydrogens is 378 g/mol. The first-order chi connectivity index (χ1) is 12.2. The van der Waals surface area contributed by atoms with Crippen molar-refractivity contribution in [1.82, 2.24) is 15.1 Å². The fourth-order valence-electron chi connectivity index (χ4n) is 3.75. The first-order valence-electron chi connectivity index (χ1n) is 8.50. The van der Waals surface area contributed by atoms with Crippen LogP contribution in [0.3, 0.4) is 0 Å². The van der Waals surface area contributed by atoms with Gasteiger partial charge in [0.05, 0.1) is 6.04 Å². The molecule has 0 bridgehead atoms. The Kier molecular flexibility index (Phi) is 4.48. The lowest BCUT2D eigenvalue weighted by molar-refractivity contribution is 0.145. The number of nitrogens with one attached hydrogen (secondary N) is 1. The zero-order chi connectivity index (χ0) is 17.4. The quantitative estimate of drug-likeness (QED) is 0.790. The van der Waals surface area contributed by atoms with Crippen molar-refractivity contribution in [3.05, 3.63) is 58.3 Å². The van der Waals surface area contributed by atoms with E-state index in [1.807, 2.05) is 6.20 Å². The Balaban J connectivity index is 1.80. The minimum Gasteiger partial charge on any atom is -0.354 e. The number of hydrogen-bond donors (Lipinski definition) is 1. The maximum atomic E-state index is 11.5. The van der Waals surface area contributed by atoms with Crippen LogP contribution < -0.4 is 5.32 Å². The van der Waals surface area contributed by atoms with Crippen LogP contribution in [-0.2, 0) is 4.79 Å². The van der Waals surface area contributed by atoms with Gasteiger partial charge in [0.15, 0.2) is 0 Å². The SMILES string of the molecule is CN1CCN(C2C(=C=O)NC=C2c2cc(Br)cc3ccccc23)CC1. The Morgan fingerprint density at radius 2 is 1.92 bits per heavy atom. The van der Waals surface area contributed by atoms with Crippen molar-refractivity contribution in [1.29, 1.82) is 0 Å². The zero-order valence-electron chi connectivity index (χ0n) is 14.1. The summed E-state index contributed by atoms with van der Waals surface area (Å²) in [5.41, 5.74) is 2.91. The number of piperazine rings is 1. The molecule has 2 aromatic rings. The van der Waals surface area contributed by atoms with Crippen LogP contribution in [0, 0.1) is 0 Å². The second-order valence-corrected chi connectivity index (χ2v) is 7.59. The highest BCUT2D eigenvalue weighted by Gasteiger charge is 2.34. The molecule has 0 aliphatic carbocycles. The van der Waals surface area contributed by atoms with Crippen LogP contribution in [-0.4, -0.2) is 55.0 Å². The van der Waals surface area contributed by atoms with Gasteiger partial charge in [-0.2, -0.15) is 0 Å². The fourth-order valence-corrected chi connectivity index (χ4v) is 4.23. The molecule has 1 N–H and O–H groups in total. The average Bonchev–Trinajstić information content (AvgIpc) is 3.05. The number of likely N-dealkylation sites (N-methyl/N-ethyl adjacent to an activating group) is 1. The van der Waals surface area contributed by atoms with Gasteiger partial charge in [-0.3, -0.25) is 4.90 Å². The standard InChI is InChI=1S/C20H20BrN3O/c1-23-6-8-24(9-7-23)20-18(12-22-19(20)13-25)17-11-15(21)10-14-4-2-3-5-16(14)17/h2-5,10-12,20,22H,6-9H2,1H3. The molecule has 2 aliphatic heterocycles. The summed E-state index contributed by atoms with van der Waals surface area (Å²) in [6.07, 6.45) is 1.97. The van der Waals surface area contributed by atoms with Crippen LogP contribution in [0.4, 0.5) is 0 Å². The monoisotopic (exact) mass is 397 g/mol. The van der Waals surface area contributed by atoms with Crippen molar-refractivity contribution >= 4 is 38.2 Å². The second-order valence-electron chi connectivity index (χ2n) is 6.68. The van der Waals surface area contributed by atoms with E-state index in [1.54, 1.807) is 0 Å². The number of fused-ring (bicyclic) bond motifs is 1. The molecule has 0 saturated carbocycles. The molecule has 1 fully saturated rings. The van der Waals surface area contributed by atoms with Gasteiger partial charge in [0.1, 0.15) is 11.6 Å². The number of rotatable bonds is 2. The van der Waals surface area contributed by atoms with Crippen molar-refractivity contribution in [3.8, 4) is 0 Å². The normalized spacial score (nSPS) is 21.9. The number of nitrogens with zero attached hydrogens (tertiary/aromatic N) is 2. The smallest absolute Gasteiger partial charge is 0.147 e. The summed E-state index contributed by atoms with van der Waals surface area (Å²) in [4.78, 5) is 16.2. The van der Waals surface area contributed by atoms with Crippen molar-refractivity contribution in [2.24, 2.45) is 0 Å². The van der Waals surface area contributed by atoms with E-state index in [-0.39, 0.29) is 6.04 Å². The van der Waals surface area contributed by atoms with Crippen LogP contribution in [0.25, 0.3) is 16.3 Å². The van der Waals surface area contributed by atoms with Gasteiger partial charge < -0.3 is 10.2 Å². The molecule has 1 saturated heterocycles. The molecule has 2 aliphatic rings. The first-order valence-corrected chi connectivity index (χ1v) is 9.29. The van der Waals surface area contributed by atoms with E-state index in [4.69, 9.17) is 0 Å². The highest BCUT2D eigenvalue weighted by molar-refractivity contribution is 9.10. The molecule has 25 heavy (non-hydrogen) atoms. The van der Waals surface area contributed by atoms with Gasteiger partial charge >= 0.3 is 0 Å². The summed E-state index contributed by atoms with van der Waals surface area (Å²) >= 11 is 3.63. The Morgan fingerprint density at radius 1 is 1.16 bits per heavy atom. The van der Waals surface area contributed by atoms with Gasteiger partial charge in [-0.05, 0) is 41.1 Å². The highest BCUT2D eigenvalue weighted by atomic mass is 79.9. The summed E-state index contributed by atoms with van der Waals surface area (Å²) in [6.45, 7) is 3.90. The molecule has 1 atom stereocenters. The topological polar surface area (TPSA) is 35.6 Å². The predicted octanol–water partition coefficient (Wildman–Crippen LogP) is 2.88. The first kappa shape index (κ1) is 16.6. The zero-order valence-corrected chi connectivity index (χ0v) is 15.7. The molecule has 128 valence electrons. The third kappa shape index (κ3) is 3.05. The van der Waals surface area contributed by atoms with Gasteiger partial charge in [0.25, 0.3) is 0 Å². The number of halogens is 1. The van der Waals surface area contributed by atoms with E-state index in [1.165, 1.54) is 10.8 Å². The summed E-state index contributed by atoms with van der Waals surface area (Å²) < 4.78 is 1.04. The molecule has 4 rings (SSSR count). The largest absolute Gasteiger partial charge is 0.354 e. The maximum absolute atomic E-state index is 11.5. The van der Waals surface area contributed by atoms with Gasteiger partial charge in [-0.15, -0.1) is 0 Å². The van der Waals surface area contributed by atoms with E-state index in [9.17, 15) is 4.79 Å². The summed E-state index contributed by atoms with van der Waals surface area (Å²) in [5.74, 6) is 2.12. The summed E-state index contributed by atoms with van der Waals surface area (Å²) in [6, 6.07) is 12.6. The van der Waals surface area contributed by atoms with Crippen LogP contribution >= 0.6 is 15.9 Å². The van der Waals surface area contributed by atoms with E-state index in [0.717, 1.165) is 41.8 Å². The second kappa shape index (κ2) is 6.77. The van der Waals surface area contributed by atoms with Gasteiger partial charge in [0.2, 0.25) is 0 Å². The Labute approximate surface area is 155 Å². The average molecular weight is 398 g/mol. The summed E-state index contributed by atoms with van der Waals surface area (Å²) in [5, 5.41) is 5.55. The molecule has 0 radical (unpaired) electrons. The third-order valence-electron chi connectivity index (χ3n) is 5.10. The molecular formula is C20H20BrN3O. The van der Waals surface area contributed by atoms with E-state index >= 15 is 0 Å². The Bertz CT molecular complexity index is 893. The molecule has 2 aromatic carbocycles. The predicted molar refractivity (Wildman–Crippen MR) is 105 cm³/mol. The van der Waals surface area contributed by atoms with Crippen LogP contribution in [0.2, 0.25) is 0 Å². The molecule has 5 heteroatoms. The molecule has 2 heterocycles. The van der Waals surface area contributed by atoms with Crippen molar-refractivity contribution in [2.45, 2.75) is 6.04 Å². The van der Waals surface area contributed by atoms with E-state index in [0.29, 0.717) is 5.70 Å². The highest BCUT2D eigenvalue weighted by Crippen LogP contribution is 2.36. The number of benzene rings is 2. The lowest BCUT2D eigenvalue weighted by Gasteiger charge is -2.37. The van der Waals surface area contributed by atoms with Crippen LogP contribution in [0.15, 0.2) is 52.8 Å². The maximum Gasteiger partial charge on any atom is 0.147 e. The minimum atomic E-state index is -0.0519. The third-order valence-corrected chi connectivity index (χ3v) is 5.56. The summed E-state index contributed by atoms with van der Waals surface area (Å²) in [7, 11) is 2.14. The van der Waals surface area contributed by atoms with Gasteiger partial charge in [-0.1, -0.05) is 40.2 Å². The van der Waals surface area contributed by atoms with E-state index in [2.05, 4.69) is 80.4 Å². The fraction of sp³-hybridized carbons (Fsp3) is 0.300. The minimum absolute atomic E-state index is 0.0519. The van der Waals surface area contributed by atoms with Crippen molar-refractivity contribution < 1.29 is 4.79 Å². The lowest BCUT2D eigenvalue weighted by atomic mass is 9.93. The van der Waals surface area contributed by atoms with Gasteiger partial charge in [-0.25, -0.2) is 4.79 Å². The van der Waals surface area contributed by atoms with Crippen molar-refractivity contribution in [3.63, 3.8) is 0 Å². The van der Waals surface area contributed by atoms with Gasteiger partial charge in [0, 0.05) is 36.9 Å². The molecule has 4 nitrogen and oxygen atoms in total. The van der Waals surface area contributed by atoms with Crippen LogP contribution in [0.1, 0.15) is 5.56 Å². The number of carbonyl (C=O) groups excluding carboxylic acids is 1. The molecule has 1 unspecified atom stereocenters. The Morgan fingerprint density at radius 3 is 2.68 bits per heavy atom. The lowest BCUT2D eigenvalue weighted by Crippen LogP contribution is -2.49. The molecule has 0 aromatic heterocycles. The molecule has 0 spiro atoms. The van der Waals surface area contributed by atoms with E-state index < -0.39 is 0 Å². The van der Waals surface area contributed by atoms with Crippen molar-refractivity contribution in [2.75, 3.05) is 33.2 Å². The number of hydrogen-bond acceptors (Lipinski definition) is 4. The molecule has 0 amide bonds. The Hall–Kier alpha value is -1.91.